The fraction of sp³-hybridized carbons (Fsp3) is 0.375. The van der Waals surface area contributed by atoms with E-state index in [-0.39, 0.29) is 0 Å². The summed E-state index contributed by atoms with van der Waals surface area (Å²) < 4.78 is 2.15. The number of aliphatic imine (C=N–C) groups is 2. The van der Waals surface area contributed by atoms with Crippen LogP contribution in [-0.2, 0) is 0 Å². The summed E-state index contributed by atoms with van der Waals surface area (Å²) in [4.78, 5) is 17.3. The maximum atomic E-state index is 4.77. The van der Waals surface area contributed by atoms with Gasteiger partial charge >= 0.3 is 0 Å². The Morgan fingerprint density at radius 1 is 1.28 bits per heavy atom. The van der Waals surface area contributed by atoms with Crippen molar-refractivity contribution in [2.75, 3.05) is 31.0 Å². The van der Waals surface area contributed by atoms with Crippen LogP contribution in [0.1, 0.15) is 32.9 Å². The minimum atomic E-state index is 0.396. The van der Waals surface area contributed by atoms with Gasteiger partial charge in [0, 0.05) is 37.1 Å². The molecule has 2 N–H and O–H groups in total. The van der Waals surface area contributed by atoms with E-state index in [1.807, 2.05) is 56.3 Å². The number of anilines is 1. The largest absolute Gasteiger partial charge is 0.376 e. The van der Waals surface area contributed by atoms with E-state index in [4.69, 9.17) is 4.99 Å². The molecule has 32 heavy (non-hydrogen) atoms. The minimum absolute atomic E-state index is 0.396. The summed E-state index contributed by atoms with van der Waals surface area (Å²) in [5.41, 5.74) is 3.32. The number of aromatic nitrogens is 2. The van der Waals surface area contributed by atoms with Gasteiger partial charge < -0.3 is 14.6 Å². The van der Waals surface area contributed by atoms with Gasteiger partial charge in [-0.3, -0.25) is 9.98 Å². The Hall–Kier alpha value is -2.45. The summed E-state index contributed by atoms with van der Waals surface area (Å²) in [5, 5.41) is 6.82. The van der Waals surface area contributed by atoms with Crippen molar-refractivity contribution in [3.63, 3.8) is 0 Å². The normalized spacial score (nSPS) is 15.5. The molecule has 6 nitrogen and oxygen atoms in total. The molecule has 0 amide bonds. The van der Waals surface area contributed by atoms with Crippen LogP contribution in [0.2, 0.25) is 0 Å². The first-order chi connectivity index (χ1) is 15.7. The van der Waals surface area contributed by atoms with E-state index in [1.165, 1.54) is 5.39 Å². The van der Waals surface area contributed by atoms with E-state index >= 15 is 0 Å². The second kappa shape index (κ2) is 12.6. The summed E-state index contributed by atoms with van der Waals surface area (Å²) in [5.74, 6) is 0. The summed E-state index contributed by atoms with van der Waals surface area (Å²) in [6, 6.07) is 14.5. The van der Waals surface area contributed by atoms with Gasteiger partial charge in [-0.1, -0.05) is 50.7 Å². The van der Waals surface area contributed by atoms with Crippen LogP contribution < -0.4 is 9.62 Å². The van der Waals surface area contributed by atoms with Crippen molar-refractivity contribution in [3.8, 4) is 0 Å². The molecule has 1 atom stereocenters. The van der Waals surface area contributed by atoms with Crippen molar-refractivity contribution in [2.45, 2.75) is 37.5 Å². The van der Waals surface area contributed by atoms with Crippen LogP contribution in [0.4, 0.5) is 5.69 Å². The lowest BCUT2D eigenvalue weighted by atomic mass is 10.2. The number of fused-ring (bicyclic) bond motifs is 1. The van der Waals surface area contributed by atoms with Gasteiger partial charge in [0.1, 0.15) is 10.1 Å². The first-order valence-electron chi connectivity index (χ1n) is 11.1. The van der Waals surface area contributed by atoms with Crippen LogP contribution in [0.3, 0.4) is 0 Å². The van der Waals surface area contributed by atoms with E-state index in [0.717, 1.165) is 53.0 Å². The molecule has 0 aliphatic carbocycles. The van der Waals surface area contributed by atoms with E-state index in [9.17, 15) is 0 Å². The van der Waals surface area contributed by atoms with E-state index in [1.54, 1.807) is 11.9 Å². The number of pyridine rings is 1. The molecular weight excluding hydrogens is 436 g/mol. The number of para-hydroxylation sites is 1. The molecule has 3 aromatic rings. The second-order valence-electron chi connectivity index (χ2n) is 7.02. The monoisotopic (exact) mass is 468 g/mol. The maximum Gasteiger partial charge on any atom is 0.117 e. The van der Waals surface area contributed by atoms with Gasteiger partial charge in [0.15, 0.2) is 0 Å². The van der Waals surface area contributed by atoms with Gasteiger partial charge in [-0.15, -0.1) is 0 Å². The Morgan fingerprint density at radius 3 is 2.94 bits per heavy atom. The molecular formula is C24H32N6S2. The van der Waals surface area contributed by atoms with E-state index in [2.05, 4.69) is 62.8 Å². The zero-order valence-electron chi connectivity index (χ0n) is 19.2. The zero-order chi connectivity index (χ0) is 22.8. The number of aromatic amines is 1. The molecule has 1 aromatic carbocycles. The van der Waals surface area contributed by atoms with Gasteiger partial charge in [-0.05, 0) is 30.7 Å². The summed E-state index contributed by atoms with van der Waals surface area (Å²) in [6.07, 6.45) is 4.75. The molecule has 1 aliphatic heterocycles. The lowest BCUT2D eigenvalue weighted by Crippen LogP contribution is -2.14. The van der Waals surface area contributed by atoms with Crippen molar-refractivity contribution in [3.05, 3.63) is 54.4 Å². The van der Waals surface area contributed by atoms with Gasteiger partial charge in [0.25, 0.3) is 0 Å². The smallest absolute Gasteiger partial charge is 0.117 e. The Kier molecular flexibility index (Phi) is 9.49. The Balaban J connectivity index is 0.00000141. The molecule has 0 spiro atoms. The average Bonchev–Trinajstić information content (AvgIpc) is 3.48. The van der Waals surface area contributed by atoms with Gasteiger partial charge in [0.05, 0.1) is 41.6 Å². The molecule has 0 saturated carbocycles. The topological polar surface area (TPSA) is 68.7 Å². The molecule has 0 bridgehead atoms. The minimum Gasteiger partial charge on any atom is -0.376 e. The zero-order valence-corrected chi connectivity index (χ0v) is 20.8. The van der Waals surface area contributed by atoms with Crippen LogP contribution >= 0.6 is 23.7 Å². The third-order valence-corrected chi connectivity index (χ3v) is 6.78. The molecule has 0 radical (unpaired) electrons. The standard InChI is InChI=1S/C22H26N6S2.C2H6/c1-3-10-23-15-24-13-17-14-26-22(29-17)18-12-16-7-6-8-19(21(16)27-18)28(2)30-20-9-4-5-11-25-20;1-2/h4-9,11-12,15,17,27H,3,10,13-14H2,1-2H3,(H,23,24);1-2H3. The van der Waals surface area contributed by atoms with Crippen molar-refractivity contribution in [1.82, 2.24) is 15.3 Å². The third kappa shape index (κ3) is 6.29. The van der Waals surface area contributed by atoms with Crippen LogP contribution in [0, 0.1) is 0 Å². The maximum absolute atomic E-state index is 4.77. The fourth-order valence-corrected chi connectivity index (χ4v) is 5.00. The number of nitrogens with zero attached hydrogens (tertiary/aromatic N) is 4. The predicted octanol–water partition coefficient (Wildman–Crippen LogP) is 5.62. The Morgan fingerprint density at radius 2 is 2.16 bits per heavy atom. The lowest BCUT2D eigenvalue weighted by molar-refractivity contribution is 0.834. The predicted molar refractivity (Wildman–Crippen MR) is 143 cm³/mol. The second-order valence-corrected chi connectivity index (χ2v) is 9.45. The third-order valence-electron chi connectivity index (χ3n) is 4.67. The molecule has 2 aromatic heterocycles. The van der Waals surface area contributed by atoms with Crippen molar-refractivity contribution in [1.29, 1.82) is 0 Å². The molecule has 0 saturated heterocycles. The number of hydrogen-bond donors (Lipinski definition) is 2. The van der Waals surface area contributed by atoms with E-state index in [0.29, 0.717) is 5.25 Å². The number of nitrogens with one attached hydrogen (secondary N) is 2. The Bertz CT molecular complexity index is 1030. The fourth-order valence-electron chi connectivity index (χ4n) is 3.21. The van der Waals surface area contributed by atoms with Gasteiger partial charge in [0.2, 0.25) is 0 Å². The number of thioether (sulfide) groups is 1. The average molecular weight is 469 g/mol. The summed E-state index contributed by atoms with van der Waals surface area (Å²) in [6.45, 7) is 8.70. The summed E-state index contributed by atoms with van der Waals surface area (Å²) >= 11 is 3.42. The highest BCUT2D eigenvalue weighted by atomic mass is 32.2. The van der Waals surface area contributed by atoms with Crippen LogP contribution in [0.25, 0.3) is 10.9 Å². The SMILES string of the molecule is CC.CCCNC=NCC1CN=C(c2cc3cccc(N(C)Sc4ccccn4)c3[nH]2)S1. The molecule has 1 aliphatic rings. The number of hydrogen-bond acceptors (Lipinski definition) is 6. The summed E-state index contributed by atoms with van der Waals surface area (Å²) in [7, 11) is 2.07. The van der Waals surface area contributed by atoms with Gasteiger partial charge in [-0.2, -0.15) is 0 Å². The molecule has 4 rings (SSSR count). The van der Waals surface area contributed by atoms with Crippen LogP contribution in [-0.4, -0.2) is 53.3 Å². The highest BCUT2D eigenvalue weighted by molar-refractivity contribution is 8.15. The van der Waals surface area contributed by atoms with Gasteiger partial charge in [-0.25, -0.2) is 4.98 Å². The molecule has 1 unspecified atom stereocenters. The molecule has 3 heterocycles. The lowest BCUT2D eigenvalue weighted by Gasteiger charge is -2.18. The number of benzene rings is 1. The molecule has 8 heteroatoms. The highest BCUT2D eigenvalue weighted by Crippen LogP contribution is 2.34. The number of rotatable bonds is 9. The highest BCUT2D eigenvalue weighted by Gasteiger charge is 2.22. The van der Waals surface area contributed by atoms with Crippen LogP contribution in [0.15, 0.2) is 63.7 Å². The quantitative estimate of drug-likeness (QED) is 0.185. The van der Waals surface area contributed by atoms with Crippen molar-refractivity contribution < 1.29 is 0 Å². The molecule has 0 fully saturated rings. The van der Waals surface area contributed by atoms with Crippen molar-refractivity contribution in [2.24, 2.45) is 9.98 Å². The van der Waals surface area contributed by atoms with Crippen LogP contribution in [0.5, 0.6) is 0 Å². The molecule has 170 valence electrons. The van der Waals surface area contributed by atoms with Crippen molar-refractivity contribution >= 4 is 51.7 Å². The first-order valence-corrected chi connectivity index (χ1v) is 12.8. The number of H-pyrrole nitrogens is 1. The Labute approximate surface area is 199 Å². The van der Waals surface area contributed by atoms with E-state index < -0.39 is 0 Å². The first kappa shape index (κ1) is 24.2.